The predicted molar refractivity (Wildman–Crippen MR) is 71.7 cm³/mol. The van der Waals surface area contributed by atoms with Gasteiger partial charge in [-0.15, -0.1) is 0 Å². The first-order chi connectivity index (χ1) is 8.90. The number of nitrogens with one attached hydrogen (secondary N) is 1. The van der Waals surface area contributed by atoms with Crippen molar-refractivity contribution in [2.45, 2.75) is 33.7 Å². The highest BCUT2D eigenvalue weighted by molar-refractivity contribution is 5.89. The maximum Gasteiger partial charge on any atom is 0.307 e. The van der Waals surface area contributed by atoms with Gasteiger partial charge in [0, 0.05) is 6.54 Å². The molecule has 2 unspecified atom stereocenters. The molecule has 1 aliphatic carbocycles. The summed E-state index contributed by atoms with van der Waals surface area (Å²) < 4.78 is 0. The summed E-state index contributed by atoms with van der Waals surface area (Å²) in [7, 11) is 0. The lowest BCUT2D eigenvalue weighted by atomic mass is 10.0. The Morgan fingerprint density at radius 2 is 1.79 bits per heavy atom. The minimum Gasteiger partial charge on any atom is -0.481 e. The molecule has 102 valence electrons. The van der Waals surface area contributed by atoms with Crippen molar-refractivity contribution in [3.8, 4) is 0 Å². The number of hydrogen-bond acceptors (Lipinski definition) is 2. The van der Waals surface area contributed by atoms with Gasteiger partial charge in [-0.05, 0) is 49.4 Å². The zero-order valence-corrected chi connectivity index (χ0v) is 11.5. The van der Waals surface area contributed by atoms with Gasteiger partial charge in [0.1, 0.15) is 0 Å². The van der Waals surface area contributed by atoms with E-state index in [0.29, 0.717) is 13.0 Å². The summed E-state index contributed by atoms with van der Waals surface area (Å²) in [5.41, 5.74) is 4.67. The number of hydrogen-bond donors (Lipinski definition) is 2. The first-order valence-corrected chi connectivity index (χ1v) is 6.47. The van der Waals surface area contributed by atoms with Crippen LogP contribution in [-0.4, -0.2) is 17.0 Å². The van der Waals surface area contributed by atoms with E-state index in [1.54, 1.807) is 0 Å². The molecule has 1 saturated carbocycles. The molecule has 1 fully saturated rings. The van der Waals surface area contributed by atoms with E-state index in [9.17, 15) is 9.59 Å². The normalized spacial score (nSPS) is 21.0. The van der Waals surface area contributed by atoms with Crippen LogP contribution in [0.2, 0.25) is 0 Å². The van der Waals surface area contributed by atoms with Gasteiger partial charge in [-0.3, -0.25) is 9.59 Å². The molecule has 1 aromatic carbocycles. The van der Waals surface area contributed by atoms with E-state index >= 15 is 0 Å². The van der Waals surface area contributed by atoms with Crippen molar-refractivity contribution in [2.75, 3.05) is 0 Å². The van der Waals surface area contributed by atoms with Crippen molar-refractivity contribution in [2.24, 2.45) is 11.8 Å². The molecule has 2 N–H and O–H groups in total. The number of carboxylic acids is 1. The molecule has 1 aromatic rings. The zero-order valence-electron chi connectivity index (χ0n) is 11.5. The third-order valence-corrected chi connectivity index (χ3v) is 3.85. The number of aryl methyl sites for hydroxylation is 3. The van der Waals surface area contributed by atoms with Gasteiger partial charge in [0.2, 0.25) is 5.91 Å². The Morgan fingerprint density at radius 1 is 1.16 bits per heavy atom. The number of carboxylic acid groups (broad SMARTS) is 1. The average molecular weight is 261 g/mol. The van der Waals surface area contributed by atoms with E-state index in [4.69, 9.17) is 5.11 Å². The smallest absolute Gasteiger partial charge is 0.307 e. The Labute approximate surface area is 112 Å². The lowest BCUT2D eigenvalue weighted by molar-refractivity contribution is -0.140. The van der Waals surface area contributed by atoms with Gasteiger partial charge in [0.25, 0.3) is 0 Å². The molecule has 0 aliphatic heterocycles. The minimum atomic E-state index is -0.873. The second-order valence-corrected chi connectivity index (χ2v) is 5.37. The second-order valence-electron chi connectivity index (χ2n) is 5.37. The monoisotopic (exact) mass is 261 g/mol. The molecule has 0 saturated heterocycles. The van der Waals surface area contributed by atoms with Gasteiger partial charge in [-0.1, -0.05) is 12.1 Å². The molecule has 19 heavy (non-hydrogen) atoms. The Bertz CT molecular complexity index is 536. The maximum atomic E-state index is 11.8. The molecule has 2 atom stereocenters. The highest BCUT2D eigenvalue weighted by Gasteiger charge is 2.48. The van der Waals surface area contributed by atoms with E-state index in [1.165, 1.54) is 11.1 Å². The van der Waals surface area contributed by atoms with Gasteiger partial charge in [0.05, 0.1) is 11.8 Å². The molecule has 0 heterocycles. The standard InChI is InChI=1S/C15H19NO3/c1-8-4-10(3)11(5-9(8)2)7-16-14(17)12-6-13(12)15(18)19/h4-5,12-13H,6-7H2,1-3H3,(H,16,17)(H,18,19). The lowest BCUT2D eigenvalue weighted by Crippen LogP contribution is -2.26. The van der Waals surface area contributed by atoms with Crippen molar-refractivity contribution in [3.63, 3.8) is 0 Å². The molecule has 0 spiro atoms. The second kappa shape index (κ2) is 5.03. The molecule has 4 heteroatoms. The van der Waals surface area contributed by atoms with Crippen LogP contribution in [0.3, 0.4) is 0 Å². The Balaban J connectivity index is 1.95. The largest absolute Gasteiger partial charge is 0.481 e. The van der Waals surface area contributed by atoms with Crippen LogP contribution >= 0.6 is 0 Å². The maximum absolute atomic E-state index is 11.8. The molecule has 0 bridgehead atoms. The SMILES string of the molecule is Cc1cc(C)c(CNC(=O)C2CC2C(=O)O)cc1C. The fourth-order valence-corrected chi connectivity index (χ4v) is 2.28. The summed E-state index contributed by atoms with van der Waals surface area (Å²) in [6.45, 7) is 6.59. The third-order valence-electron chi connectivity index (χ3n) is 3.85. The lowest BCUT2D eigenvalue weighted by Gasteiger charge is -2.11. The first-order valence-electron chi connectivity index (χ1n) is 6.47. The van der Waals surface area contributed by atoms with Crippen molar-refractivity contribution in [1.29, 1.82) is 0 Å². The summed E-state index contributed by atoms with van der Waals surface area (Å²) >= 11 is 0. The highest BCUT2D eigenvalue weighted by Crippen LogP contribution is 2.38. The van der Waals surface area contributed by atoms with E-state index in [0.717, 1.165) is 11.1 Å². The summed E-state index contributed by atoms with van der Waals surface area (Å²) in [5, 5.41) is 11.6. The summed E-state index contributed by atoms with van der Waals surface area (Å²) in [6.07, 6.45) is 0.465. The number of carbonyl (C=O) groups is 2. The summed E-state index contributed by atoms with van der Waals surface area (Å²) in [6, 6.07) is 4.18. The molecule has 1 amide bonds. The van der Waals surface area contributed by atoms with Gasteiger partial charge in [-0.25, -0.2) is 0 Å². The summed E-state index contributed by atoms with van der Waals surface area (Å²) in [4.78, 5) is 22.5. The fraction of sp³-hybridized carbons (Fsp3) is 0.467. The van der Waals surface area contributed by atoms with Crippen molar-refractivity contribution < 1.29 is 14.7 Å². The highest BCUT2D eigenvalue weighted by atomic mass is 16.4. The fourth-order valence-electron chi connectivity index (χ4n) is 2.28. The van der Waals surface area contributed by atoms with Crippen LogP contribution < -0.4 is 5.32 Å². The molecule has 1 aliphatic rings. The third kappa shape index (κ3) is 2.95. The van der Waals surface area contributed by atoms with Gasteiger partial charge < -0.3 is 10.4 Å². The first kappa shape index (κ1) is 13.6. The van der Waals surface area contributed by atoms with Crippen LogP contribution in [0.5, 0.6) is 0 Å². The van der Waals surface area contributed by atoms with Crippen LogP contribution in [0.25, 0.3) is 0 Å². The summed E-state index contributed by atoms with van der Waals surface area (Å²) in [5.74, 6) is -1.85. The average Bonchev–Trinajstić information content (AvgIpc) is 3.12. The van der Waals surface area contributed by atoms with Gasteiger partial charge in [-0.2, -0.15) is 0 Å². The molecule has 0 radical (unpaired) electrons. The zero-order chi connectivity index (χ0) is 14.2. The number of rotatable bonds is 4. The van der Waals surface area contributed by atoms with Crippen LogP contribution in [0, 0.1) is 32.6 Å². The number of benzene rings is 1. The molecular weight excluding hydrogens is 242 g/mol. The van der Waals surface area contributed by atoms with E-state index in [-0.39, 0.29) is 11.8 Å². The topological polar surface area (TPSA) is 66.4 Å². The van der Waals surface area contributed by atoms with Crippen LogP contribution in [0.15, 0.2) is 12.1 Å². The number of aliphatic carboxylic acids is 1. The van der Waals surface area contributed by atoms with E-state index in [2.05, 4.69) is 24.4 Å². The molecule has 0 aromatic heterocycles. The van der Waals surface area contributed by atoms with Crippen molar-refractivity contribution in [3.05, 3.63) is 34.4 Å². The van der Waals surface area contributed by atoms with Crippen LogP contribution in [0.1, 0.15) is 28.7 Å². The minimum absolute atomic E-state index is 0.148. The molecular formula is C15H19NO3. The predicted octanol–water partition coefficient (Wildman–Crippen LogP) is 1.95. The Hall–Kier alpha value is -1.84. The Kier molecular flexibility index (Phi) is 3.60. The quantitative estimate of drug-likeness (QED) is 0.870. The van der Waals surface area contributed by atoms with E-state index in [1.807, 2.05) is 13.8 Å². The number of amides is 1. The molecule has 4 nitrogen and oxygen atoms in total. The van der Waals surface area contributed by atoms with Gasteiger partial charge >= 0.3 is 5.97 Å². The van der Waals surface area contributed by atoms with Crippen molar-refractivity contribution >= 4 is 11.9 Å². The molecule has 2 rings (SSSR count). The van der Waals surface area contributed by atoms with Crippen LogP contribution in [-0.2, 0) is 16.1 Å². The Morgan fingerprint density at radius 3 is 2.37 bits per heavy atom. The van der Waals surface area contributed by atoms with Gasteiger partial charge in [0.15, 0.2) is 0 Å². The van der Waals surface area contributed by atoms with Crippen molar-refractivity contribution in [1.82, 2.24) is 5.32 Å². The number of carbonyl (C=O) groups excluding carboxylic acids is 1. The van der Waals surface area contributed by atoms with E-state index < -0.39 is 11.9 Å². The van der Waals surface area contributed by atoms with Crippen LogP contribution in [0.4, 0.5) is 0 Å².